The number of hydrogen-bond donors (Lipinski definition) is 3. The third kappa shape index (κ3) is 5.50. The maximum Gasteiger partial charge on any atom is 0.329 e. The first kappa shape index (κ1) is 13.7. The second-order valence-electron chi connectivity index (χ2n) is 4.37. The van der Waals surface area contributed by atoms with Crippen LogP contribution in [0.1, 0.15) is 13.3 Å². The van der Waals surface area contributed by atoms with Gasteiger partial charge in [-0.2, -0.15) is 0 Å². The predicted octanol–water partition coefficient (Wildman–Crippen LogP) is -0.689. The number of carboxylic acids is 1. The van der Waals surface area contributed by atoms with Gasteiger partial charge in [0.05, 0.1) is 6.42 Å². The first-order valence-electron chi connectivity index (χ1n) is 5.70. The molecule has 0 aromatic rings. The highest BCUT2D eigenvalue weighted by atomic mass is 16.4. The smallest absolute Gasteiger partial charge is 0.329 e. The lowest BCUT2D eigenvalue weighted by molar-refractivity contribution is -0.137. The lowest BCUT2D eigenvalue weighted by Gasteiger charge is -2.32. The van der Waals surface area contributed by atoms with Crippen molar-refractivity contribution in [3.63, 3.8) is 0 Å². The average Bonchev–Trinajstić information content (AvgIpc) is 2.19. The van der Waals surface area contributed by atoms with Crippen molar-refractivity contribution in [2.75, 3.05) is 33.2 Å². The molecule has 1 heterocycles. The van der Waals surface area contributed by atoms with E-state index >= 15 is 0 Å². The number of carboxylic acid groups (broad SMARTS) is 1. The number of carbonyl (C=O) groups excluding carboxylic acids is 1. The summed E-state index contributed by atoms with van der Waals surface area (Å²) >= 11 is 0. The van der Waals surface area contributed by atoms with E-state index < -0.39 is 5.97 Å². The van der Waals surface area contributed by atoms with Crippen LogP contribution in [0.25, 0.3) is 0 Å². The van der Waals surface area contributed by atoms with Crippen molar-refractivity contribution >= 4 is 12.0 Å². The molecule has 1 rings (SSSR count). The van der Waals surface area contributed by atoms with Crippen LogP contribution in [0.4, 0.5) is 4.79 Å². The normalized spacial score (nSPS) is 19.6. The molecule has 1 aliphatic rings. The minimum atomic E-state index is -0.919. The summed E-state index contributed by atoms with van der Waals surface area (Å²) in [4.78, 5) is 24.1. The zero-order valence-electron chi connectivity index (χ0n) is 10.3. The molecule has 0 saturated carbocycles. The molecule has 1 atom stereocenters. The second-order valence-corrected chi connectivity index (χ2v) is 4.37. The van der Waals surface area contributed by atoms with Crippen LogP contribution in [-0.4, -0.2) is 66.3 Å². The van der Waals surface area contributed by atoms with Gasteiger partial charge in [-0.25, -0.2) is 9.80 Å². The van der Waals surface area contributed by atoms with Crippen molar-refractivity contribution in [2.24, 2.45) is 0 Å². The number of carbonyl (C=O) groups is 2. The van der Waals surface area contributed by atoms with Crippen molar-refractivity contribution in [3.05, 3.63) is 0 Å². The molecule has 3 N–H and O–H groups in total. The van der Waals surface area contributed by atoms with Gasteiger partial charge in [-0.05, 0) is 14.0 Å². The summed E-state index contributed by atoms with van der Waals surface area (Å²) in [5.41, 5.74) is 2.71. The molecular weight excluding hydrogens is 224 g/mol. The number of aliphatic carboxylic acids is 1. The number of piperazine rings is 1. The molecule has 0 spiro atoms. The molecule has 0 radical (unpaired) electrons. The molecule has 1 aliphatic heterocycles. The fourth-order valence-electron chi connectivity index (χ4n) is 1.63. The van der Waals surface area contributed by atoms with Gasteiger partial charge in [0, 0.05) is 32.2 Å². The number of rotatable bonds is 4. The molecule has 0 aromatic heterocycles. The van der Waals surface area contributed by atoms with Crippen LogP contribution in [0, 0.1) is 0 Å². The SMILES string of the molecule is CC(CC(=O)O)NC(=O)NN1CCN(C)CC1. The number of nitrogens with zero attached hydrogens (tertiary/aromatic N) is 2. The van der Waals surface area contributed by atoms with Gasteiger partial charge in [-0.1, -0.05) is 0 Å². The van der Waals surface area contributed by atoms with E-state index in [0.717, 1.165) is 26.2 Å². The van der Waals surface area contributed by atoms with Crippen LogP contribution in [-0.2, 0) is 4.79 Å². The Kier molecular flexibility index (Phi) is 5.17. The Morgan fingerprint density at radius 2 is 1.88 bits per heavy atom. The quantitative estimate of drug-likeness (QED) is 0.609. The van der Waals surface area contributed by atoms with E-state index in [0.29, 0.717) is 0 Å². The van der Waals surface area contributed by atoms with Crippen LogP contribution in [0.15, 0.2) is 0 Å². The van der Waals surface area contributed by atoms with E-state index in [1.165, 1.54) is 0 Å². The van der Waals surface area contributed by atoms with Gasteiger partial charge in [0.15, 0.2) is 0 Å². The summed E-state index contributed by atoms with van der Waals surface area (Å²) in [7, 11) is 2.03. The predicted molar refractivity (Wildman–Crippen MR) is 62.5 cm³/mol. The highest BCUT2D eigenvalue weighted by molar-refractivity contribution is 5.75. The molecule has 0 aromatic carbocycles. The number of urea groups is 1. The van der Waals surface area contributed by atoms with E-state index in [2.05, 4.69) is 15.6 Å². The van der Waals surface area contributed by atoms with Crippen molar-refractivity contribution in [3.8, 4) is 0 Å². The minimum absolute atomic E-state index is 0.0733. The Labute approximate surface area is 101 Å². The molecule has 0 bridgehead atoms. The average molecular weight is 244 g/mol. The monoisotopic (exact) mass is 244 g/mol. The Hall–Kier alpha value is -1.34. The maximum absolute atomic E-state index is 11.5. The topological polar surface area (TPSA) is 84.9 Å². The summed E-state index contributed by atoms with van der Waals surface area (Å²) in [6.07, 6.45) is -0.0733. The van der Waals surface area contributed by atoms with Crippen molar-refractivity contribution in [1.29, 1.82) is 0 Å². The molecule has 1 fully saturated rings. The van der Waals surface area contributed by atoms with Crippen molar-refractivity contribution in [2.45, 2.75) is 19.4 Å². The Bertz CT molecular complexity index is 277. The number of hydrogen-bond acceptors (Lipinski definition) is 4. The van der Waals surface area contributed by atoms with Crippen LogP contribution in [0.2, 0.25) is 0 Å². The second kappa shape index (κ2) is 6.41. The highest BCUT2D eigenvalue weighted by Crippen LogP contribution is 1.96. The lowest BCUT2D eigenvalue weighted by Crippen LogP contribution is -2.55. The van der Waals surface area contributed by atoms with Gasteiger partial charge < -0.3 is 15.3 Å². The maximum atomic E-state index is 11.5. The summed E-state index contributed by atoms with van der Waals surface area (Å²) < 4.78 is 0. The van der Waals surface area contributed by atoms with Gasteiger partial charge in [0.2, 0.25) is 0 Å². The van der Waals surface area contributed by atoms with Crippen LogP contribution in [0.3, 0.4) is 0 Å². The Morgan fingerprint density at radius 1 is 1.29 bits per heavy atom. The van der Waals surface area contributed by atoms with Crippen LogP contribution in [0.5, 0.6) is 0 Å². The number of amides is 2. The molecule has 17 heavy (non-hydrogen) atoms. The fraction of sp³-hybridized carbons (Fsp3) is 0.800. The van der Waals surface area contributed by atoms with Gasteiger partial charge in [0.25, 0.3) is 0 Å². The Morgan fingerprint density at radius 3 is 2.41 bits per heavy atom. The minimum Gasteiger partial charge on any atom is -0.481 e. The van der Waals surface area contributed by atoms with E-state index in [1.807, 2.05) is 12.1 Å². The summed E-state index contributed by atoms with van der Waals surface area (Å²) in [5.74, 6) is -0.919. The van der Waals surface area contributed by atoms with E-state index in [4.69, 9.17) is 5.11 Å². The molecular formula is C10H20N4O3. The molecule has 98 valence electrons. The number of nitrogens with one attached hydrogen (secondary N) is 2. The molecule has 7 nitrogen and oxygen atoms in total. The number of likely N-dealkylation sites (N-methyl/N-ethyl adjacent to an activating group) is 1. The third-order valence-corrected chi connectivity index (χ3v) is 2.62. The molecule has 7 heteroatoms. The fourth-order valence-corrected chi connectivity index (χ4v) is 1.63. The molecule has 1 saturated heterocycles. The van der Waals surface area contributed by atoms with Crippen molar-refractivity contribution in [1.82, 2.24) is 20.7 Å². The number of hydrazine groups is 1. The summed E-state index contributed by atoms with van der Waals surface area (Å²) in [5, 5.41) is 13.0. The van der Waals surface area contributed by atoms with Gasteiger partial charge >= 0.3 is 12.0 Å². The third-order valence-electron chi connectivity index (χ3n) is 2.62. The van der Waals surface area contributed by atoms with Gasteiger partial charge in [-0.3, -0.25) is 10.2 Å². The summed E-state index contributed by atoms with van der Waals surface area (Å²) in [6.45, 7) is 5.03. The first-order chi connectivity index (χ1) is 7.97. The van der Waals surface area contributed by atoms with Gasteiger partial charge in [0.1, 0.15) is 0 Å². The van der Waals surface area contributed by atoms with E-state index in [-0.39, 0.29) is 18.5 Å². The zero-order chi connectivity index (χ0) is 12.8. The first-order valence-corrected chi connectivity index (χ1v) is 5.70. The lowest BCUT2D eigenvalue weighted by atomic mass is 10.2. The van der Waals surface area contributed by atoms with Crippen LogP contribution < -0.4 is 10.7 Å². The highest BCUT2D eigenvalue weighted by Gasteiger charge is 2.17. The molecule has 2 amide bonds. The Balaban J connectivity index is 2.22. The molecule has 1 unspecified atom stereocenters. The van der Waals surface area contributed by atoms with E-state index in [9.17, 15) is 9.59 Å². The standard InChI is InChI=1S/C10H20N4O3/c1-8(7-9(15)16)11-10(17)12-14-5-3-13(2)4-6-14/h8H,3-7H2,1-2H3,(H,15,16)(H2,11,12,17). The molecule has 0 aliphatic carbocycles. The van der Waals surface area contributed by atoms with Crippen LogP contribution >= 0.6 is 0 Å². The zero-order valence-corrected chi connectivity index (χ0v) is 10.3. The van der Waals surface area contributed by atoms with Crippen molar-refractivity contribution < 1.29 is 14.7 Å². The largest absolute Gasteiger partial charge is 0.481 e. The van der Waals surface area contributed by atoms with E-state index in [1.54, 1.807) is 6.92 Å². The van der Waals surface area contributed by atoms with Gasteiger partial charge in [-0.15, -0.1) is 0 Å². The summed E-state index contributed by atoms with van der Waals surface area (Å²) in [6, 6.07) is -0.719.